The third-order valence-electron chi connectivity index (χ3n) is 1.58. The third kappa shape index (κ3) is 2.25. The Hall–Kier alpha value is -1.99. The molecule has 0 aromatic heterocycles. The van der Waals surface area contributed by atoms with Crippen LogP contribution in [0.2, 0.25) is 0 Å². The zero-order valence-electron chi connectivity index (χ0n) is 7.32. The molecule has 1 rings (SSSR count). The highest BCUT2D eigenvalue weighted by molar-refractivity contribution is 5.91. The van der Waals surface area contributed by atoms with Gasteiger partial charge in [-0.3, -0.25) is 0 Å². The Balaban J connectivity index is 3.22. The number of nitrogens with two attached hydrogens (primary N) is 1. The number of benzene rings is 1. The fraction of sp³-hybridized carbons (Fsp3) is 0.100. The number of rotatable bonds is 1. The Morgan fingerprint density at radius 3 is 2.79 bits per heavy atom. The first-order valence-electron chi connectivity index (χ1n) is 3.87. The van der Waals surface area contributed by atoms with Crippen molar-refractivity contribution < 1.29 is 15.0 Å². The van der Waals surface area contributed by atoms with Crippen molar-refractivity contribution in [1.82, 2.24) is 0 Å². The summed E-state index contributed by atoms with van der Waals surface area (Å²) >= 11 is 0. The van der Waals surface area contributed by atoms with Crippen LogP contribution in [-0.4, -0.2) is 22.8 Å². The standard InChI is InChI=1S/C10H9NO3/c11-8-4-3-7(2-1-5-12)9(6-8)10(13)14/h3-4,6,12H,5,11H2,(H,13,14). The molecule has 0 aliphatic heterocycles. The molecule has 4 heteroatoms. The summed E-state index contributed by atoms with van der Waals surface area (Å²) in [5, 5.41) is 17.3. The summed E-state index contributed by atoms with van der Waals surface area (Å²) in [6.07, 6.45) is 0. The number of aliphatic hydroxyl groups excluding tert-OH is 1. The normalized spacial score (nSPS) is 8.93. The van der Waals surface area contributed by atoms with Crippen LogP contribution in [-0.2, 0) is 0 Å². The number of hydrogen-bond donors (Lipinski definition) is 3. The molecule has 0 amide bonds. The largest absolute Gasteiger partial charge is 0.478 e. The Bertz CT molecular complexity index is 415. The maximum Gasteiger partial charge on any atom is 0.337 e. The monoisotopic (exact) mass is 191 g/mol. The van der Waals surface area contributed by atoms with Gasteiger partial charge in [-0.1, -0.05) is 11.8 Å². The predicted octanol–water partition coefficient (Wildman–Crippen LogP) is 0.311. The molecule has 0 spiro atoms. The Labute approximate surface area is 81.0 Å². The van der Waals surface area contributed by atoms with Crippen LogP contribution in [0.3, 0.4) is 0 Å². The molecule has 0 radical (unpaired) electrons. The highest BCUT2D eigenvalue weighted by Crippen LogP contribution is 2.12. The lowest BCUT2D eigenvalue weighted by atomic mass is 10.1. The first-order chi connectivity index (χ1) is 6.65. The second kappa shape index (κ2) is 4.30. The number of hydrogen-bond acceptors (Lipinski definition) is 3. The van der Waals surface area contributed by atoms with Crippen molar-refractivity contribution in [3.05, 3.63) is 29.3 Å². The zero-order valence-corrected chi connectivity index (χ0v) is 7.32. The van der Waals surface area contributed by atoms with E-state index in [-0.39, 0.29) is 12.2 Å². The van der Waals surface area contributed by atoms with Crippen LogP contribution in [0.5, 0.6) is 0 Å². The second-order valence-electron chi connectivity index (χ2n) is 2.57. The third-order valence-corrected chi connectivity index (χ3v) is 1.58. The lowest BCUT2D eigenvalue weighted by Crippen LogP contribution is -2.01. The fourth-order valence-corrected chi connectivity index (χ4v) is 0.983. The lowest BCUT2D eigenvalue weighted by molar-refractivity contribution is 0.0696. The van der Waals surface area contributed by atoms with E-state index in [0.29, 0.717) is 11.3 Å². The van der Waals surface area contributed by atoms with Gasteiger partial charge < -0.3 is 15.9 Å². The van der Waals surface area contributed by atoms with E-state index in [4.69, 9.17) is 15.9 Å². The molecule has 0 heterocycles. The van der Waals surface area contributed by atoms with Crippen LogP contribution >= 0.6 is 0 Å². The quantitative estimate of drug-likeness (QED) is 0.440. The van der Waals surface area contributed by atoms with Crippen LogP contribution in [0.1, 0.15) is 15.9 Å². The number of carbonyl (C=O) groups is 1. The highest BCUT2D eigenvalue weighted by atomic mass is 16.4. The van der Waals surface area contributed by atoms with E-state index in [1.54, 1.807) is 6.07 Å². The van der Waals surface area contributed by atoms with E-state index in [0.717, 1.165) is 0 Å². The van der Waals surface area contributed by atoms with Crippen LogP contribution < -0.4 is 5.73 Å². The molecular formula is C10H9NO3. The SMILES string of the molecule is Nc1ccc(C#CCO)c(C(=O)O)c1. The van der Waals surface area contributed by atoms with Gasteiger partial charge in [-0.05, 0) is 18.2 Å². The second-order valence-corrected chi connectivity index (χ2v) is 2.57. The van der Waals surface area contributed by atoms with Crippen molar-refractivity contribution in [1.29, 1.82) is 0 Å². The molecule has 0 unspecified atom stereocenters. The molecule has 4 N–H and O–H groups in total. The summed E-state index contributed by atoms with van der Waals surface area (Å²) < 4.78 is 0. The molecule has 0 fully saturated rings. The molecule has 4 nitrogen and oxygen atoms in total. The van der Waals surface area contributed by atoms with Crippen molar-refractivity contribution in [2.45, 2.75) is 0 Å². The van der Waals surface area contributed by atoms with Crippen molar-refractivity contribution >= 4 is 11.7 Å². The molecule has 0 aliphatic rings. The summed E-state index contributed by atoms with van der Waals surface area (Å²) in [4.78, 5) is 10.8. The molecule has 1 aromatic rings. The molecule has 1 aromatic carbocycles. The maximum absolute atomic E-state index is 10.8. The van der Waals surface area contributed by atoms with Crippen molar-refractivity contribution in [3.63, 3.8) is 0 Å². The van der Waals surface area contributed by atoms with Gasteiger partial charge in [-0.15, -0.1) is 0 Å². The van der Waals surface area contributed by atoms with Crippen LogP contribution in [0, 0.1) is 11.8 Å². The maximum atomic E-state index is 10.8. The van der Waals surface area contributed by atoms with Crippen LogP contribution in [0.4, 0.5) is 5.69 Å². The first kappa shape index (κ1) is 10.1. The lowest BCUT2D eigenvalue weighted by Gasteiger charge is -1.99. The average Bonchev–Trinajstić information content (AvgIpc) is 2.15. The number of aliphatic hydroxyl groups is 1. The fourth-order valence-electron chi connectivity index (χ4n) is 0.983. The Kier molecular flexibility index (Phi) is 3.10. The minimum Gasteiger partial charge on any atom is -0.478 e. The number of anilines is 1. The van der Waals surface area contributed by atoms with Crippen LogP contribution in [0.15, 0.2) is 18.2 Å². The smallest absolute Gasteiger partial charge is 0.337 e. The first-order valence-corrected chi connectivity index (χ1v) is 3.87. The van der Waals surface area contributed by atoms with E-state index in [1.165, 1.54) is 12.1 Å². The number of nitrogen functional groups attached to an aromatic ring is 1. The van der Waals surface area contributed by atoms with Gasteiger partial charge in [-0.25, -0.2) is 4.79 Å². The minimum absolute atomic E-state index is 0.0472. The molecule has 14 heavy (non-hydrogen) atoms. The zero-order chi connectivity index (χ0) is 10.6. The van der Waals surface area contributed by atoms with Crippen molar-refractivity contribution in [2.24, 2.45) is 0 Å². The number of carboxylic acid groups (broad SMARTS) is 1. The molecule has 0 atom stereocenters. The van der Waals surface area contributed by atoms with Gasteiger partial charge in [0, 0.05) is 11.3 Å². The topological polar surface area (TPSA) is 83.5 Å². The number of carboxylic acids is 1. The van der Waals surface area contributed by atoms with Gasteiger partial charge >= 0.3 is 5.97 Å². The van der Waals surface area contributed by atoms with Gasteiger partial charge in [0.15, 0.2) is 0 Å². The average molecular weight is 191 g/mol. The van der Waals surface area contributed by atoms with Gasteiger partial charge in [0.1, 0.15) is 6.61 Å². The highest BCUT2D eigenvalue weighted by Gasteiger charge is 2.07. The Morgan fingerprint density at radius 1 is 1.50 bits per heavy atom. The van der Waals surface area contributed by atoms with E-state index in [1.807, 2.05) is 0 Å². The van der Waals surface area contributed by atoms with Gasteiger partial charge in [0.25, 0.3) is 0 Å². The number of aromatic carboxylic acids is 1. The van der Waals surface area contributed by atoms with E-state index in [9.17, 15) is 4.79 Å². The summed E-state index contributed by atoms with van der Waals surface area (Å²) in [6, 6.07) is 4.42. The minimum atomic E-state index is -1.08. The molecular weight excluding hydrogens is 182 g/mol. The van der Waals surface area contributed by atoms with Gasteiger partial charge in [-0.2, -0.15) is 0 Å². The van der Waals surface area contributed by atoms with Gasteiger partial charge in [0.2, 0.25) is 0 Å². The molecule has 0 bridgehead atoms. The molecule has 72 valence electrons. The predicted molar refractivity (Wildman–Crippen MR) is 51.8 cm³/mol. The summed E-state index contributed by atoms with van der Waals surface area (Å²) in [5.74, 6) is 3.83. The van der Waals surface area contributed by atoms with Crippen LogP contribution in [0.25, 0.3) is 0 Å². The Morgan fingerprint density at radius 2 is 2.21 bits per heavy atom. The van der Waals surface area contributed by atoms with E-state index < -0.39 is 5.97 Å². The summed E-state index contributed by atoms with van der Waals surface area (Å²) in [5.41, 5.74) is 6.20. The summed E-state index contributed by atoms with van der Waals surface area (Å²) in [6.45, 7) is -0.302. The molecule has 0 aliphatic carbocycles. The molecule has 0 saturated heterocycles. The van der Waals surface area contributed by atoms with E-state index >= 15 is 0 Å². The van der Waals surface area contributed by atoms with Crippen molar-refractivity contribution in [2.75, 3.05) is 12.3 Å². The van der Waals surface area contributed by atoms with Gasteiger partial charge in [0.05, 0.1) is 5.56 Å². The van der Waals surface area contributed by atoms with Crippen molar-refractivity contribution in [3.8, 4) is 11.8 Å². The summed E-state index contributed by atoms with van der Waals surface area (Å²) in [7, 11) is 0. The molecule has 0 saturated carbocycles. The van der Waals surface area contributed by atoms with E-state index in [2.05, 4.69) is 11.8 Å².